The van der Waals surface area contributed by atoms with Gasteiger partial charge in [0.25, 0.3) is 5.91 Å². The molecule has 0 unspecified atom stereocenters. The third-order valence-corrected chi connectivity index (χ3v) is 2.49. The van der Waals surface area contributed by atoms with Crippen molar-refractivity contribution in [1.82, 2.24) is 20.4 Å². The van der Waals surface area contributed by atoms with Crippen LogP contribution in [0.2, 0.25) is 0 Å². The van der Waals surface area contributed by atoms with Crippen molar-refractivity contribution in [3.05, 3.63) is 17.5 Å². The highest BCUT2D eigenvalue weighted by Crippen LogP contribution is 2.15. The molecule has 0 saturated carbocycles. The zero-order chi connectivity index (χ0) is 14.2. The monoisotopic (exact) mass is 267 g/mol. The highest BCUT2D eigenvalue weighted by Gasteiger charge is 2.42. The normalized spacial score (nSPS) is 15.4. The number of amides is 5. The Hall–Kier alpha value is -2.75. The van der Waals surface area contributed by atoms with E-state index < -0.39 is 23.8 Å². The van der Waals surface area contributed by atoms with Gasteiger partial charge in [-0.2, -0.15) is 0 Å². The van der Waals surface area contributed by atoms with Crippen LogP contribution in [0.5, 0.6) is 0 Å². The van der Waals surface area contributed by atoms with E-state index in [0.717, 1.165) is 0 Å². The number of hydrazine groups is 1. The molecule has 3 N–H and O–H groups in total. The molecule has 0 atom stereocenters. The number of nitrogen functional groups attached to an aromatic ring is 1. The molecule has 1 fully saturated rings. The molecule has 5 amide bonds. The fourth-order valence-corrected chi connectivity index (χ4v) is 1.48. The van der Waals surface area contributed by atoms with Gasteiger partial charge in [-0.15, -0.1) is 0 Å². The van der Waals surface area contributed by atoms with E-state index in [4.69, 9.17) is 10.4 Å². The van der Waals surface area contributed by atoms with Gasteiger partial charge in [0, 0.05) is 13.1 Å². The molecule has 0 aliphatic carbocycles. The van der Waals surface area contributed by atoms with Gasteiger partial charge in [0.15, 0.2) is 11.5 Å². The Morgan fingerprint density at radius 1 is 1.42 bits per heavy atom. The van der Waals surface area contributed by atoms with Crippen LogP contribution >= 0.6 is 0 Å². The van der Waals surface area contributed by atoms with Gasteiger partial charge in [-0.1, -0.05) is 5.16 Å². The summed E-state index contributed by atoms with van der Waals surface area (Å²) in [7, 11) is 1.19. The molecule has 10 heteroatoms. The molecule has 1 aliphatic rings. The summed E-state index contributed by atoms with van der Waals surface area (Å²) in [4.78, 5) is 46.8. The van der Waals surface area contributed by atoms with Crippen LogP contribution in [-0.2, 0) is 16.1 Å². The van der Waals surface area contributed by atoms with Crippen molar-refractivity contribution in [2.45, 2.75) is 6.54 Å². The van der Waals surface area contributed by atoms with E-state index in [9.17, 15) is 19.2 Å². The number of rotatable bonds is 3. The number of hydrogen-bond donors (Lipinski definition) is 2. The summed E-state index contributed by atoms with van der Waals surface area (Å²) >= 11 is 0. The Morgan fingerprint density at radius 2 is 2.11 bits per heavy atom. The number of aromatic nitrogens is 1. The lowest BCUT2D eigenvalue weighted by atomic mass is 10.3. The van der Waals surface area contributed by atoms with Crippen LogP contribution in [0.1, 0.15) is 16.2 Å². The highest BCUT2D eigenvalue weighted by molar-refractivity contribution is 6.44. The van der Waals surface area contributed by atoms with Gasteiger partial charge in [-0.25, -0.2) is 15.5 Å². The number of hydrogen-bond acceptors (Lipinski definition) is 7. The summed E-state index contributed by atoms with van der Waals surface area (Å²) in [6, 6.07) is 0.446. The highest BCUT2D eigenvalue weighted by atomic mass is 16.5. The number of carbonyl (C=O) groups is 4. The van der Waals surface area contributed by atoms with Crippen LogP contribution < -0.4 is 11.3 Å². The molecule has 0 bridgehead atoms. The van der Waals surface area contributed by atoms with Crippen LogP contribution in [-0.4, -0.2) is 45.8 Å². The zero-order valence-corrected chi connectivity index (χ0v) is 9.74. The van der Waals surface area contributed by atoms with Crippen LogP contribution in [0.25, 0.3) is 0 Å². The summed E-state index contributed by atoms with van der Waals surface area (Å²) in [6.07, 6.45) is 0. The third-order valence-electron chi connectivity index (χ3n) is 2.49. The molecule has 1 saturated heterocycles. The maximum Gasteiger partial charge on any atom is 0.334 e. The summed E-state index contributed by atoms with van der Waals surface area (Å²) in [5, 5.41) is 3.40. The van der Waals surface area contributed by atoms with E-state index >= 15 is 0 Å². The Kier molecular flexibility index (Phi) is 3.00. The number of nitrogens with two attached hydrogens (primary N) is 1. The summed E-state index contributed by atoms with van der Waals surface area (Å²) < 4.78 is 4.77. The Labute approximate surface area is 106 Å². The van der Waals surface area contributed by atoms with Crippen molar-refractivity contribution >= 4 is 23.8 Å². The molecule has 2 rings (SSSR count). The van der Waals surface area contributed by atoms with Crippen LogP contribution in [0.3, 0.4) is 0 Å². The fraction of sp³-hybridized carbons (Fsp3) is 0.222. The average Bonchev–Trinajstić information content (AvgIpc) is 2.94. The molecule has 10 nitrogen and oxygen atoms in total. The molecule has 1 aromatic heterocycles. The second kappa shape index (κ2) is 4.49. The predicted molar refractivity (Wildman–Crippen MR) is 56.9 cm³/mol. The van der Waals surface area contributed by atoms with E-state index in [1.807, 2.05) is 5.43 Å². The number of urea groups is 1. The lowest BCUT2D eigenvalue weighted by molar-refractivity contribution is -0.143. The number of nitrogens with one attached hydrogen (secondary N) is 1. The van der Waals surface area contributed by atoms with E-state index in [1.165, 1.54) is 13.1 Å². The lowest BCUT2D eigenvalue weighted by Gasteiger charge is -2.09. The van der Waals surface area contributed by atoms with Crippen molar-refractivity contribution in [2.24, 2.45) is 5.84 Å². The average molecular weight is 267 g/mol. The maximum absolute atomic E-state index is 11.6. The summed E-state index contributed by atoms with van der Waals surface area (Å²) in [6.45, 7) is -0.293. The summed E-state index contributed by atoms with van der Waals surface area (Å²) in [5.41, 5.74) is 1.75. The molecular formula is C9H9N5O5. The topological polar surface area (TPSA) is 139 Å². The number of carbonyl (C=O) groups excluding carboxylic acids is 4. The summed E-state index contributed by atoms with van der Waals surface area (Å²) in [5.74, 6) is 2.41. The van der Waals surface area contributed by atoms with E-state index in [2.05, 4.69) is 5.16 Å². The van der Waals surface area contributed by atoms with Gasteiger partial charge in [0.05, 0.1) is 6.54 Å². The Balaban J connectivity index is 2.16. The Morgan fingerprint density at radius 3 is 2.63 bits per heavy atom. The number of nitrogens with zero attached hydrogens (tertiary/aromatic N) is 3. The van der Waals surface area contributed by atoms with Gasteiger partial charge in [0.2, 0.25) is 0 Å². The maximum atomic E-state index is 11.6. The minimum atomic E-state index is -0.964. The van der Waals surface area contributed by atoms with Crippen molar-refractivity contribution < 1.29 is 23.7 Å². The van der Waals surface area contributed by atoms with Gasteiger partial charge >= 0.3 is 17.8 Å². The molecule has 19 heavy (non-hydrogen) atoms. The van der Waals surface area contributed by atoms with E-state index in [0.29, 0.717) is 9.80 Å². The molecule has 0 radical (unpaired) electrons. The first-order valence-corrected chi connectivity index (χ1v) is 5.05. The van der Waals surface area contributed by atoms with Gasteiger partial charge in [-0.05, 0) is 0 Å². The van der Waals surface area contributed by atoms with Crippen molar-refractivity contribution in [3.63, 3.8) is 0 Å². The Bertz CT molecular complexity index is 579. The number of imide groups is 2. The van der Waals surface area contributed by atoms with Gasteiger partial charge in [0.1, 0.15) is 0 Å². The second-order valence-electron chi connectivity index (χ2n) is 3.69. The SMILES string of the molecule is CN1C(=O)C(=O)N(Cc2cc(C(=O)NN)no2)C1=O. The van der Waals surface area contributed by atoms with Crippen molar-refractivity contribution in [3.8, 4) is 0 Å². The molecule has 100 valence electrons. The zero-order valence-electron chi connectivity index (χ0n) is 9.74. The minimum Gasteiger partial charge on any atom is -0.359 e. The van der Waals surface area contributed by atoms with Crippen molar-refractivity contribution in [1.29, 1.82) is 0 Å². The number of likely N-dealkylation sites (N-methyl/N-ethyl adjacent to an activating group) is 1. The first-order valence-electron chi connectivity index (χ1n) is 5.05. The molecule has 0 aromatic carbocycles. The van der Waals surface area contributed by atoms with Crippen LogP contribution in [0.15, 0.2) is 10.6 Å². The minimum absolute atomic E-state index is 0.0726. The smallest absolute Gasteiger partial charge is 0.334 e. The van der Waals surface area contributed by atoms with Gasteiger partial charge < -0.3 is 4.52 Å². The third kappa shape index (κ3) is 2.04. The fourth-order valence-electron chi connectivity index (χ4n) is 1.48. The first kappa shape index (κ1) is 12.7. The van der Waals surface area contributed by atoms with E-state index in [-0.39, 0.29) is 18.0 Å². The largest absolute Gasteiger partial charge is 0.359 e. The molecule has 2 heterocycles. The standard InChI is InChI=1S/C9H9N5O5/c1-13-7(16)8(17)14(9(13)18)3-4-2-5(12-19-4)6(15)11-10/h2H,3,10H2,1H3,(H,11,15). The van der Waals surface area contributed by atoms with Crippen LogP contribution in [0.4, 0.5) is 4.79 Å². The quantitative estimate of drug-likeness (QED) is 0.216. The lowest BCUT2D eigenvalue weighted by Crippen LogP contribution is -2.31. The van der Waals surface area contributed by atoms with E-state index in [1.54, 1.807) is 0 Å². The molecule has 1 aliphatic heterocycles. The predicted octanol–water partition coefficient (Wildman–Crippen LogP) is -1.80. The van der Waals surface area contributed by atoms with Crippen LogP contribution in [0, 0.1) is 0 Å². The molecular weight excluding hydrogens is 258 g/mol. The van der Waals surface area contributed by atoms with Crippen molar-refractivity contribution in [2.75, 3.05) is 7.05 Å². The first-order chi connectivity index (χ1) is 8.95. The second-order valence-corrected chi connectivity index (χ2v) is 3.69. The van der Waals surface area contributed by atoms with Gasteiger partial charge in [-0.3, -0.25) is 24.7 Å². The molecule has 1 aromatic rings. The molecule has 0 spiro atoms.